The molecule has 0 aromatic heterocycles. The van der Waals surface area contributed by atoms with E-state index in [0.717, 1.165) is 0 Å². The van der Waals surface area contributed by atoms with Gasteiger partial charge in [0.05, 0.1) is 23.6 Å². The average molecular weight is 267 g/mol. The molecule has 104 valence electrons. The van der Waals surface area contributed by atoms with Crippen molar-refractivity contribution in [2.75, 3.05) is 12.4 Å². The Morgan fingerprint density at radius 2 is 2.11 bits per heavy atom. The van der Waals surface area contributed by atoms with Gasteiger partial charge in [-0.1, -0.05) is 6.92 Å². The Kier molecular flexibility index (Phi) is 4.82. The largest absolute Gasteiger partial charge is 0.495 e. The van der Waals surface area contributed by atoms with E-state index in [2.05, 4.69) is 5.32 Å². The van der Waals surface area contributed by atoms with Gasteiger partial charge in [0.25, 0.3) is 5.69 Å². The Hall–Kier alpha value is -2.15. The van der Waals surface area contributed by atoms with Crippen molar-refractivity contribution in [2.24, 2.45) is 11.7 Å². The van der Waals surface area contributed by atoms with Gasteiger partial charge < -0.3 is 15.8 Å². The highest BCUT2D eigenvalue weighted by atomic mass is 16.6. The van der Waals surface area contributed by atoms with E-state index < -0.39 is 10.8 Å². The van der Waals surface area contributed by atoms with E-state index in [1.165, 1.54) is 25.3 Å². The molecule has 0 spiro atoms. The average Bonchev–Trinajstić information content (AvgIpc) is 2.37. The van der Waals surface area contributed by atoms with Crippen LogP contribution >= 0.6 is 0 Å². The van der Waals surface area contributed by atoms with Gasteiger partial charge in [-0.05, 0) is 13.0 Å². The summed E-state index contributed by atoms with van der Waals surface area (Å²) in [5, 5.41) is 13.3. The SMILES string of the molecule is COc1ccc([N+](=O)[O-])cc1NC(=O)C(C)C(C)N. The monoisotopic (exact) mass is 267 g/mol. The number of carbonyl (C=O) groups is 1. The summed E-state index contributed by atoms with van der Waals surface area (Å²) >= 11 is 0. The second-order valence-corrected chi connectivity index (χ2v) is 4.28. The van der Waals surface area contributed by atoms with Crippen molar-refractivity contribution in [3.05, 3.63) is 28.3 Å². The first kappa shape index (κ1) is 14.9. The molecule has 0 aliphatic heterocycles. The number of rotatable bonds is 5. The number of nitrogens with two attached hydrogens (primary N) is 1. The number of methoxy groups -OCH3 is 1. The van der Waals surface area contributed by atoms with Crippen LogP contribution in [0.3, 0.4) is 0 Å². The fraction of sp³-hybridized carbons (Fsp3) is 0.417. The zero-order valence-electron chi connectivity index (χ0n) is 11.0. The Balaban J connectivity index is 3.01. The number of nitro groups is 1. The van der Waals surface area contributed by atoms with Crippen LogP contribution in [0.5, 0.6) is 5.75 Å². The second-order valence-electron chi connectivity index (χ2n) is 4.28. The Morgan fingerprint density at radius 1 is 1.47 bits per heavy atom. The summed E-state index contributed by atoms with van der Waals surface area (Å²) in [5.74, 6) is -0.367. The van der Waals surface area contributed by atoms with E-state index in [1.54, 1.807) is 13.8 Å². The van der Waals surface area contributed by atoms with Crippen LogP contribution in [-0.4, -0.2) is 24.0 Å². The van der Waals surface area contributed by atoms with E-state index >= 15 is 0 Å². The lowest BCUT2D eigenvalue weighted by atomic mass is 10.0. The minimum Gasteiger partial charge on any atom is -0.495 e. The summed E-state index contributed by atoms with van der Waals surface area (Å²) in [6.45, 7) is 3.40. The zero-order chi connectivity index (χ0) is 14.6. The zero-order valence-corrected chi connectivity index (χ0v) is 11.0. The number of hydrogen-bond acceptors (Lipinski definition) is 5. The van der Waals surface area contributed by atoms with E-state index in [1.807, 2.05) is 0 Å². The number of carbonyl (C=O) groups excluding carboxylic acids is 1. The van der Waals surface area contributed by atoms with E-state index in [9.17, 15) is 14.9 Å². The third-order valence-corrected chi connectivity index (χ3v) is 2.85. The van der Waals surface area contributed by atoms with Crippen LogP contribution in [0.2, 0.25) is 0 Å². The van der Waals surface area contributed by atoms with Crippen molar-refractivity contribution in [3.8, 4) is 5.75 Å². The van der Waals surface area contributed by atoms with Crippen molar-refractivity contribution >= 4 is 17.3 Å². The first-order valence-electron chi connectivity index (χ1n) is 5.75. The fourth-order valence-corrected chi connectivity index (χ4v) is 1.39. The van der Waals surface area contributed by atoms with E-state index in [4.69, 9.17) is 10.5 Å². The number of nitro benzene ring substituents is 1. The first-order valence-corrected chi connectivity index (χ1v) is 5.75. The fourth-order valence-electron chi connectivity index (χ4n) is 1.39. The molecular weight excluding hydrogens is 250 g/mol. The van der Waals surface area contributed by atoms with Gasteiger partial charge in [-0.15, -0.1) is 0 Å². The Labute approximate surface area is 110 Å². The van der Waals surface area contributed by atoms with Crippen LogP contribution in [0.15, 0.2) is 18.2 Å². The van der Waals surface area contributed by atoms with Crippen LogP contribution in [0.25, 0.3) is 0 Å². The quantitative estimate of drug-likeness (QED) is 0.621. The topological polar surface area (TPSA) is 107 Å². The molecule has 3 N–H and O–H groups in total. The van der Waals surface area contributed by atoms with Crippen LogP contribution < -0.4 is 15.8 Å². The minimum absolute atomic E-state index is 0.121. The predicted octanol–water partition coefficient (Wildman–Crippen LogP) is 1.53. The molecule has 19 heavy (non-hydrogen) atoms. The van der Waals surface area contributed by atoms with Crippen molar-refractivity contribution < 1.29 is 14.5 Å². The number of ether oxygens (including phenoxy) is 1. The molecule has 0 radical (unpaired) electrons. The van der Waals surface area contributed by atoms with Gasteiger partial charge in [0.15, 0.2) is 0 Å². The number of hydrogen-bond donors (Lipinski definition) is 2. The van der Waals surface area contributed by atoms with E-state index in [-0.39, 0.29) is 23.3 Å². The third kappa shape index (κ3) is 3.65. The molecule has 1 amide bonds. The standard InChI is InChI=1S/C12H17N3O4/c1-7(8(2)13)12(16)14-10-6-9(15(17)18)4-5-11(10)19-3/h4-8H,13H2,1-3H3,(H,14,16). The molecule has 1 aromatic rings. The number of nitrogens with one attached hydrogen (secondary N) is 1. The van der Waals surface area contributed by atoms with Gasteiger partial charge in [-0.3, -0.25) is 14.9 Å². The number of anilines is 1. The van der Waals surface area contributed by atoms with Gasteiger partial charge in [0, 0.05) is 18.2 Å². The van der Waals surface area contributed by atoms with Gasteiger partial charge in [-0.2, -0.15) is 0 Å². The second kappa shape index (κ2) is 6.14. The highest BCUT2D eigenvalue weighted by molar-refractivity contribution is 5.94. The molecule has 0 saturated heterocycles. The number of non-ortho nitro benzene ring substituents is 1. The van der Waals surface area contributed by atoms with Crippen LogP contribution in [-0.2, 0) is 4.79 Å². The lowest BCUT2D eigenvalue weighted by Crippen LogP contribution is -2.34. The third-order valence-electron chi connectivity index (χ3n) is 2.85. The first-order chi connectivity index (χ1) is 8.86. The lowest BCUT2D eigenvalue weighted by Gasteiger charge is -2.16. The molecule has 2 atom stereocenters. The van der Waals surface area contributed by atoms with Crippen molar-refractivity contribution in [3.63, 3.8) is 0 Å². The molecule has 7 nitrogen and oxygen atoms in total. The van der Waals surface area contributed by atoms with Gasteiger partial charge in [0.2, 0.25) is 5.91 Å². The molecule has 1 rings (SSSR count). The summed E-state index contributed by atoms with van der Waals surface area (Å²) in [6.07, 6.45) is 0. The molecule has 1 aromatic carbocycles. The summed E-state index contributed by atoms with van der Waals surface area (Å²) in [6, 6.07) is 3.68. The summed E-state index contributed by atoms with van der Waals surface area (Å²) in [5.41, 5.74) is 5.78. The molecule has 7 heteroatoms. The summed E-state index contributed by atoms with van der Waals surface area (Å²) < 4.78 is 5.05. The minimum atomic E-state index is -0.538. The van der Waals surface area contributed by atoms with Crippen molar-refractivity contribution in [1.29, 1.82) is 0 Å². The van der Waals surface area contributed by atoms with Crippen LogP contribution in [0, 0.1) is 16.0 Å². The highest BCUT2D eigenvalue weighted by Gasteiger charge is 2.20. The summed E-state index contributed by atoms with van der Waals surface area (Å²) in [4.78, 5) is 22.1. The summed E-state index contributed by atoms with van der Waals surface area (Å²) in [7, 11) is 1.42. The number of nitrogens with zero attached hydrogens (tertiary/aromatic N) is 1. The van der Waals surface area contributed by atoms with Gasteiger partial charge in [0.1, 0.15) is 5.75 Å². The van der Waals surface area contributed by atoms with Gasteiger partial charge in [-0.25, -0.2) is 0 Å². The Morgan fingerprint density at radius 3 is 2.58 bits per heavy atom. The van der Waals surface area contributed by atoms with Crippen LogP contribution in [0.1, 0.15) is 13.8 Å². The molecule has 0 aliphatic rings. The molecule has 2 unspecified atom stereocenters. The molecule has 0 aliphatic carbocycles. The van der Waals surface area contributed by atoms with E-state index in [0.29, 0.717) is 5.75 Å². The number of amides is 1. The normalized spacial score (nSPS) is 13.5. The highest BCUT2D eigenvalue weighted by Crippen LogP contribution is 2.29. The van der Waals surface area contributed by atoms with Crippen molar-refractivity contribution in [1.82, 2.24) is 0 Å². The predicted molar refractivity (Wildman–Crippen MR) is 71.1 cm³/mol. The van der Waals surface area contributed by atoms with Gasteiger partial charge >= 0.3 is 0 Å². The maximum atomic E-state index is 11.9. The molecule has 0 fully saturated rings. The number of benzene rings is 1. The smallest absolute Gasteiger partial charge is 0.271 e. The van der Waals surface area contributed by atoms with Crippen molar-refractivity contribution in [2.45, 2.75) is 19.9 Å². The van der Waals surface area contributed by atoms with Crippen LogP contribution in [0.4, 0.5) is 11.4 Å². The maximum Gasteiger partial charge on any atom is 0.271 e. The maximum absolute atomic E-state index is 11.9. The molecule has 0 bridgehead atoms. The molecular formula is C12H17N3O4. The molecule has 0 saturated carbocycles. The Bertz CT molecular complexity index is 488. The lowest BCUT2D eigenvalue weighted by molar-refractivity contribution is -0.384. The molecule has 0 heterocycles.